The van der Waals surface area contributed by atoms with Gasteiger partial charge in [-0.2, -0.15) is 0 Å². The zero-order valence-corrected chi connectivity index (χ0v) is 31.0. The fraction of sp³-hybridized carbons (Fsp3) is 0.771. The quantitative estimate of drug-likeness (QED) is 0.178. The van der Waals surface area contributed by atoms with E-state index < -0.39 is 22.5 Å². The van der Waals surface area contributed by atoms with Gasteiger partial charge in [-0.3, -0.25) is 0 Å². The summed E-state index contributed by atoms with van der Waals surface area (Å²) in [6.45, 7) is 27.6. The number of ether oxygens (including phenoxy) is 3. The lowest BCUT2D eigenvalue weighted by atomic mass is 9.83. The van der Waals surface area contributed by atoms with Gasteiger partial charge in [0.05, 0.1) is 38.1 Å². The van der Waals surface area contributed by atoms with Gasteiger partial charge in [-0.25, -0.2) is 0 Å². The number of aliphatic hydroxyl groups is 1. The lowest BCUT2D eigenvalue weighted by Gasteiger charge is -2.48. The van der Waals surface area contributed by atoms with Crippen LogP contribution in [0.1, 0.15) is 79.7 Å². The van der Waals surface area contributed by atoms with Gasteiger partial charge < -0.3 is 23.7 Å². The van der Waals surface area contributed by atoms with E-state index in [-0.39, 0.29) is 41.3 Å². The number of benzene rings is 1. The summed E-state index contributed by atoms with van der Waals surface area (Å²) < 4.78 is 25.4. The number of aliphatic hydroxyl groups excluding tert-OH is 1. The summed E-state index contributed by atoms with van der Waals surface area (Å²) in [5.41, 5.74) is 4.59. The fourth-order valence-corrected chi connectivity index (χ4v) is 7.42. The standard InChI is InChI=1S/C35H62O5Si2/c1-14-31-26(3)23-33(40-42(12,13)35(5,6)7)34(39-31)27(4)22-29(36)21-25(2)32(19-20-41(9,10)11)38-24-28-15-17-30(37-8)18-16-28/h15-18,25-27,29,31-34,36H,14,21-24H2,1-13H3/t25-,26+,27-,29?,31+,32+,33-,34-/m0/s1. The topological polar surface area (TPSA) is 57.2 Å². The van der Waals surface area contributed by atoms with Crippen molar-refractivity contribution >= 4 is 16.4 Å². The van der Waals surface area contributed by atoms with E-state index in [0.717, 1.165) is 24.2 Å². The maximum Gasteiger partial charge on any atom is 0.192 e. The molecule has 0 spiro atoms. The fourth-order valence-electron chi connectivity index (χ4n) is 5.50. The van der Waals surface area contributed by atoms with Crippen LogP contribution < -0.4 is 4.74 Å². The minimum atomic E-state index is -1.97. The molecule has 1 N–H and O–H groups in total. The Kier molecular flexibility index (Phi) is 13.9. The Bertz CT molecular complexity index is 1000. The minimum absolute atomic E-state index is 0.0148. The van der Waals surface area contributed by atoms with Crippen LogP contribution in [0.15, 0.2) is 24.3 Å². The summed E-state index contributed by atoms with van der Waals surface area (Å²) in [6, 6.07) is 7.96. The SMILES string of the molecule is CC[C@H]1O[C@@H]([C@@H](C)CC(O)C[C@H](C)[C@@H](C#C[Si](C)(C)C)OCc2ccc(OC)cc2)[C@@H](O[Si](C)(C)C(C)(C)C)C[C@H]1C. The van der Waals surface area contributed by atoms with E-state index in [0.29, 0.717) is 25.4 Å². The van der Waals surface area contributed by atoms with Gasteiger partial charge in [0.1, 0.15) is 19.9 Å². The van der Waals surface area contributed by atoms with Gasteiger partial charge in [0.2, 0.25) is 0 Å². The molecule has 5 nitrogen and oxygen atoms in total. The van der Waals surface area contributed by atoms with E-state index in [1.54, 1.807) is 7.11 Å². The van der Waals surface area contributed by atoms with Crippen LogP contribution in [-0.4, -0.2) is 59.1 Å². The maximum absolute atomic E-state index is 11.4. The molecule has 8 atom stereocenters. The van der Waals surface area contributed by atoms with E-state index in [2.05, 4.69) is 92.7 Å². The molecule has 1 fully saturated rings. The molecule has 0 saturated carbocycles. The number of rotatable bonds is 13. The highest BCUT2D eigenvalue weighted by Crippen LogP contribution is 2.42. The molecule has 0 amide bonds. The number of methoxy groups -OCH3 is 1. The Morgan fingerprint density at radius 1 is 1.05 bits per heavy atom. The van der Waals surface area contributed by atoms with Gasteiger partial charge in [0.15, 0.2) is 8.32 Å². The van der Waals surface area contributed by atoms with Crippen LogP contribution in [0.25, 0.3) is 0 Å². The van der Waals surface area contributed by atoms with Crippen molar-refractivity contribution in [2.24, 2.45) is 17.8 Å². The molecular formula is C35H62O5Si2. The monoisotopic (exact) mass is 618 g/mol. The molecule has 1 saturated heterocycles. The molecule has 1 aromatic rings. The molecule has 0 bridgehead atoms. The first-order chi connectivity index (χ1) is 19.4. The summed E-state index contributed by atoms with van der Waals surface area (Å²) in [7, 11) is -1.88. The molecule has 240 valence electrons. The Hall–Kier alpha value is -1.15. The first-order valence-electron chi connectivity index (χ1n) is 16.2. The molecule has 0 radical (unpaired) electrons. The van der Waals surface area contributed by atoms with Crippen LogP contribution in [0, 0.1) is 29.2 Å². The molecule has 1 aliphatic heterocycles. The van der Waals surface area contributed by atoms with Gasteiger partial charge in [-0.05, 0) is 79.3 Å². The first-order valence-corrected chi connectivity index (χ1v) is 22.6. The third kappa shape index (κ3) is 11.4. The second kappa shape index (κ2) is 15.7. The van der Waals surface area contributed by atoms with E-state index >= 15 is 0 Å². The highest BCUT2D eigenvalue weighted by molar-refractivity contribution is 6.83. The molecule has 2 rings (SSSR count). The molecule has 0 aromatic heterocycles. The van der Waals surface area contributed by atoms with Crippen LogP contribution in [0.3, 0.4) is 0 Å². The molecule has 7 heteroatoms. The predicted octanol–water partition coefficient (Wildman–Crippen LogP) is 8.47. The van der Waals surface area contributed by atoms with Crippen molar-refractivity contribution in [2.75, 3.05) is 7.11 Å². The van der Waals surface area contributed by atoms with Gasteiger partial charge in [-0.1, -0.05) is 86.2 Å². The summed E-state index contributed by atoms with van der Waals surface area (Å²) in [4.78, 5) is 0. The van der Waals surface area contributed by atoms with Gasteiger partial charge >= 0.3 is 0 Å². The molecule has 1 heterocycles. The van der Waals surface area contributed by atoms with Crippen molar-refractivity contribution in [1.29, 1.82) is 0 Å². The van der Waals surface area contributed by atoms with Crippen LogP contribution in [0.4, 0.5) is 0 Å². The van der Waals surface area contributed by atoms with Gasteiger partial charge in [-0.15, -0.1) is 5.54 Å². The largest absolute Gasteiger partial charge is 0.497 e. The van der Waals surface area contributed by atoms with Gasteiger partial charge in [0.25, 0.3) is 0 Å². The van der Waals surface area contributed by atoms with Crippen LogP contribution in [0.5, 0.6) is 5.75 Å². The lowest BCUT2D eigenvalue weighted by molar-refractivity contribution is -0.159. The molecule has 1 aliphatic rings. The number of hydrogen-bond acceptors (Lipinski definition) is 5. The Morgan fingerprint density at radius 2 is 1.67 bits per heavy atom. The smallest absolute Gasteiger partial charge is 0.192 e. The highest BCUT2D eigenvalue weighted by atomic mass is 28.4. The predicted molar refractivity (Wildman–Crippen MR) is 181 cm³/mol. The summed E-state index contributed by atoms with van der Waals surface area (Å²) >= 11 is 0. The van der Waals surface area contributed by atoms with Crippen molar-refractivity contribution in [1.82, 2.24) is 0 Å². The van der Waals surface area contributed by atoms with Gasteiger partial charge in [0, 0.05) is 0 Å². The summed E-state index contributed by atoms with van der Waals surface area (Å²) in [5.74, 6) is 5.01. The minimum Gasteiger partial charge on any atom is -0.497 e. The summed E-state index contributed by atoms with van der Waals surface area (Å²) in [5, 5.41) is 11.5. The van der Waals surface area contributed by atoms with E-state index in [4.69, 9.17) is 18.6 Å². The van der Waals surface area contributed by atoms with E-state index in [9.17, 15) is 5.11 Å². The average molecular weight is 619 g/mol. The first kappa shape index (κ1) is 37.0. The maximum atomic E-state index is 11.4. The van der Waals surface area contributed by atoms with E-state index in [1.165, 1.54) is 0 Å². The molecule has 0 aliphatic carbocycles. The van der Waals surface area contributed by atoms with Crippen molar-refractivity contribution in [2.45, 2.75) is 149 Å². The lowest BCUT2D eigenvalue weighted by Crippen LogP contribution is -2.54. The van der Waals surface area contributed by atoms with Crippen molar-refractivity contribution in [3.05, 3.63) is 29.8 Å². The van der Waals surface area contributed by atoms with E-state index in [1.807, 2.05) is 24.3 Å². The second-order valence-electron chi connectivity index (χ2n) is 15.4. The second-order valence-corrected chi connectivity index (χ2v) is 24.9. The van der Waals surface area contributed by atoms with Crippen molar-refractivity contribution < 1.29 is 23.7 Å². The third-order valence-electron chi connectivity index (χ3n) is 9.14. The normalized spacial score (nSPS) is 24.7. The zero-order chi connectivity index (χ0) is 31.9. The zero-order valence-electron chi connectivity index (χ0n) is 29.0. The Balaban J connectivity index is 2.13. The Labute approximate surface area is 260 Å². The molecule has 1 aromatic carbocycles. The third-order valence-corrected chi connectivity index (χ3v) is 14.5. The van der Waals surface area contributed by atoms with Crippen molar-refractivity contribution in [3.8, 4) is 17.2 Å². The van der Waals surface area contributed by atoms with Crippen LogP contribution in [-0.2, 0) is 20.5 Å². The molecular weight excluding hydrogens is 557 g/mol. The highest BCUT2D eigenvalue weighted by Gasteiger charge is 2.45. The number of hydrogen-bond donors (Lipinski definition) is 1. The van der Waals surface area contributed by atoms with Crippen molar-refractivity contribution in [3.63, 3.8) is 0 Å². The van der Waals surface area contributed by atoms with Crippen LogP contribution in [0.2, 0.25) is 37.8 Å². The average Bonchev–Trinajstić information content (AvgIpc) is 2.87. The molecule has 42 heavy (non-hydrogen) atoms. The van der Waals surface area contributed by atoms with Crippen LogP contribution >= 0.6 is 0 Å². The summed E-state index contributed by atoms with van der Waals surface area (Å²) in [6.07, 6.45) is 2.89. The molecule has 1 unspecified atom stereocenters. The Morgan fingerprint density at radius 3 is 2.19 bits per heavy atom.